The highest BCUT2D eigenvalue weighted by Gasteiger charge is 2.29. The van der Waals surface area contributed by atoms with Gasteiger partial charge in [0, 0.05) is 24.8 Å². The van der Waals surface area contributed by atoms with Gasteiger partial charge in [0.05, 0.1) is 48.7 Å². The second-order valence-electron chi connectivity index (χ2n) is 10.0. The van der Waals surface area contributed by atoms with Gasteiger partial charge in [-0.25, -0.2) is 9.97 Å². The predicted molar refractivity (Wildman–Crippen MR) is 153 cm³/mol. The van der Waals surface area contributed by atoms with Gasteiger partial charge >= 0.3 is 5.97 Å². The average Bonchev–Trinajstić information content (AvgIpc) is 3.53. The van der Waals surface area contributed by atoms with E-state index >= 15 is 0 Å². The number of aromatic amines is 1. The monoisotopic (exact) mass is 551 g/mol. The van der Waals surface area contributed by atoms with Crippen LogP contribution in [0.2, 0.25) is 0 Å². The van der Waals surface area contributed by atoms with Crippen molar-refractivity contribution in [3.8, 4) is 0 Å². The number of aromatic nitrogens is 4. The summed E-state index contributed by atoms with van der Waals surface area (Å²) in [6.45, 7) is 0.980. The van der Waals surface area contributed by atoms with Crippen molar-refractivity contribution in [1.82, 2.24) is 29.7 Å². The zero-order valence-corrected chi connectivity index (χ0v) is 22.7. The number of rotatable bonds is 7. The molecule has 208 valence electrons. The Bertz CT molecular complexity index is 1760. The van der Waals surface area contributed by atoms with Crippen molar-refractivity contribution < 1.29 is 19.1 Å². The lowest BCUT2D eigenvalue weighted by Gasteiger charge is -2.19. The Labute approximate surface area is 235 Å². The molecule has 0 bridgehead atoms. The number of H-pyrrole nitrogens is 1. The van der Waals surface area contributed by atoms with E-state index < -0.39 is 12.0 Å². The maximum atomic E-state index is 13.3. The van der Waals surface area contributed by atoms with Gasteiger partial charge in [-0.05, 0) is 48.0 Å². The van der Waals surface area contributed by atoms with E-state index in [1.807, 2.05) is 48.5 Å². The molecule has 6 rings (SSSR count). The zero-order valence-electron chi connectivity index (χ0n) is 22.7. The maximum Gasteiger partial charge on any atom is 0.308 e. The van der Waals surface area contributed by atoms with E-state index in [0.717, 1.165) is 33.5 Å². The molecule has 11 nitrogen and oxygen atoms in total. The van der Waals surface area contributed by atoms with Gasteiger partial charge in [-0.15, -0.1) is 0 Å². The summed E-state index contributed by atoms with van der Waals surface area (Å²) in [5.41, 5.74) is 5.56. The summed E-state index contributed by atoms with van der Waals surface area (Å²) in [6, 6.07) is 20.2. The van der Waals surface area contributed by atoms with Crippen molar-refractivity contribution in [3.63, 3.8) is 0 Å². The highest BCUT2D eigenvalue weighted by Crippen LogP contribution is 2.25. The first-order valence-electron chi connectivity index (χ1n) is 13.3. The SMILES string of the molecule is COC(=O)C[C@@H]1Nc2ccc(C(=O)NCc3nc4ccccc4n3Cc3nc4ccccc4[nH]3)cc2CN(C)C1=O. The molecule has 0 saturated heterocycles. The molecule has 2 amide bonds. The van der Waals surface area contributed by atoms with Crippen LogP contribution in [0.3, 0.4) is 0 Å². The second kappa shape index (κ2) is 10.8. The molecule has 0 fully saturated rings. The maximum absolute atomic E-state index is 13.3. The molecule has 2 aromatic heterocycles. The lowest BCUT2D eigenvalue weighted by molar-refractivity contribution is -0.143. The number of carbonyl (C=O) groups is 3. The third kappa shape index (κ3) is 5.21. The van der Waals surface area contributed by atoms with Crippen molar-refractivity contribution in [2.24, 2.45) is 0 Å². The topological polar surface area (TPSA) is 134 Å². The minimum absolute atomic E-state index is 0.0869. The third-order valence-corrected chi connectivity index (χ3v) is 7.26. The molecule has 1 aliphatic rings. The molecule has 0 aliphatic carbocycles. The van der Waals surface area contributed by atoms with Crippen molar-refractivity contribution in [2.45, 2.75) is 32.1 Å². The Hall–Kier alpha value is -5.19. The molecule has 41 heavy (non-hydrogen) atoms. The molecule has 3 aromatic carbocycles. The summed E-state index contributed by atoms with van der Waals surface area (Å²) in [5.74, 6) is 0.534. The molecule has 0 saturated carbocycles. The molecule has 1 aliphatic heterocycles. The largest absolute Gasteiger partial charge is 0.469 e. The fraction of sp³-hybridized carbons (Fsp3) is 0.233. The Balaban J connectivity index is 1.22. The number of anilines is 1. The van der Waals surface area contributed by atoms with Crippen molar-refractivity contribution in [1.29, 1.82) is 0 Å². The quantitative estimate of drug-likeness (QED) is 0.265. The minimum atomic E-state index is -0.742. The van der Waals surface area contributed by atoms with Gasteiger partial charge in [-0.1, -0.05) is 24.3 Å². The number of para-hydroxylation sites is 4. The number of esters is 1. The number of benzene rings is 3. The fourth-order valence-corrected chi connectivity index (χ4v) is 5.17. The van der Waals surface area contributed by atoms with E-state index in [1.54, 1.807) is 25.2 Å². The van der Waals surface area contributed by atoms with Gasteiger partial charge in [0.25, 0.3) is 5.91 Å². The number of ether oxygens (including phenoxy) is 1. The van der Waals surface area contributed by atoms with Crippen molar-refractivity contribution in [3.05, 3.63) is 89.5 Å². The highest BCUT2D eigenvalue weighted by molar-refractivity contribution is 5.96. The van der Waals surface area contributed by atoms with Crippen LogP contribution in [0.15, 0.2) is 66.7 Å². The fourth-order valence-electron chi connectivity index (χ4n) is 5.17. The number of nitrogens with zero attached hydrogens (tertiary/aromatic N) is 4. The highest BCUT2D eigenvalue weighted by atomic mass is 16.5. The molecule has 3 N–H and O–H groups in total. The lowest BCUT2D eigenvalue weighted by atomic mass is 10.1. The molecular weight excluding hydrogens is 522 g/mol. The van der Waals surface area contributed by atoms with Crippen LogP contribution >= 0.6 is 0 Å². The van der Waals surface area contributed by atoms with Crippen molar-refractivity contribution >= 4 is 45.5 Å². The smallest absolute Gasteiger partial charge is 0.308 e. The first kappa shape index (κ1) is 26.1. The van der Waals surface area contributed by atoms with Crippen LogP contribution in [0.5, 0.6) is 0 Å². The van der Waals surface area contributed by atoms with Gasteiger partial charge in [0.1, 0.15) is 17.7 Å². The predicted octanol–water partition coefficient (Wildman–Crippen LogP) is 3.21. The number of likely N-dealkylation sites (N-methyl/N-ethyl adjacent to an activating group) is 1. The number of hydrogen-bond donors (Lipinski definition) is 3. The second-order valence-corrected chi connectivity index (χ2v) is 10.0. The number of methoxy groups -OCH3 is 1. The van der Waals surface area contributed by atoms with Crippen LogP contribution < -0.4 is 10.6 Å². The number of carbonyl (C=O) groups excluding carboxylic acids is 3. The van der Waals surface area contributed by atoms with Crippen LogP contribution in [0.4, 0.5) is 5.69 Å². The van der Waals surface area contributed by atoms with Gasteiger partial charge in [-0.2, -0.15) is 0 Å². The Morgan fingerprint density at radius 3 is 2.63 bits per heavy atom. The van der Waals surface area contributed by atoms with Gasteiger partial charge in [0.15, 0.2) is 0 Å². The lowest BCUT2D eigenvalue weighted by Crippen LogP contribution is -2.39. The normalized spacial score (nSPS) is 14.9. The Morgan fingerprint density at radius 2 is 1.83 bits per heavy atom. The summed E-state index contributed by atoms with van der Waals surface area (Å²) in [6.07, 6.45) is -0.0869. The van der Waals surface area contributed by atoms with Gasteiger partial charge in [0.2, 0.25) is 5.91 Å². The van der Waals surface area contributed by atoms with E-state index in [4.69, 9.17) is 14.7 Å². The Kier molecular flexibility index (Phi) is 6.84. The van der Waals surface area contributed by atoms with E-state index in [0.29, 0.717) is 30.2 Å². The summed E-state index contributed by atoms with van der Waals surface area (Å²) in [7, 11) is 2.96. The van der Waals surface area contributed by atoms with Crippen LogP contribution in [0, 0.1) is 0 Å². The summed E-state index contributed by atoms with van der Waals surface area (Å²) < 4.78 is 6.79. The molecule has 0 radical (unpaired) electrons. The van der Waals surface area contributed by atoms with Crippen molar-refractivity contribution in [2.75, 3.05) is 19.5 Å². The van der Waals surface area contributed by atoms with E-state index in [1.165, 1.54) is 12.0 Å². The summed E-state index contributed by atoms with van der Waals surface area (Å²) >= 11 is 0. The molecular formula is C30H29N7O4. The van der Waals surface area contributed by atoms with Crippen LogP contribution in [-0.4, -0.2) is 62.4 Å². The standard InChI is InChI=1S/C30H29N7O4/c1-36-16-19-13-18(11-12-20(19)32-24(30(36)40)14-28(38)41-2)29(39)31-15-27-35-23-9-5-6-10-25(23)37(27)17-26-33-21-7-3-4-8-22(21)34-26/h3-13,24,32H,14-17H2,1-2H3,(H,31,39)(H,33,34)/t24-/m0/s1. The number of hydrogen-bond acceptors (Lipinski definition) is 7. The molecule has 5 aromatic rings. The summed E-state index contributed by atoms with van der Waals surface area (Å²) in [4.78, 5) is 52.3. The molecule has 0 unspecified atom stereocenters. The van der Waals surface area contributed by atoms with E-state index in [-0.39, 0.29) is 24.8 Å². The molecule has 0 spiro atoms. The average molecular weight is 552 g/mol. The molecule has 3 heterocycles. The number of nitrogens with one attached hydrogen (secondary N) is 3. The number of amides is 2. The third-order valence-electron chi connectivity index (χ3n) is 7.26. The first-order chi connectivity index (χ1) is 19.9. The minimum Gasteiger partial charge on any atom is -0.469 e. The number of fused-ring (bicyclic) bond motifs is 3. The van der Waals surface area contributed by atoms with Crippen LogP contribution in [0.1, 0.15) is 34.0 Å². The van der Waals surface area contributed by atoms with Crippen LogP contribution in [-0.2, 0) is 34.0 Å². The van der Waals surface area contributed by atoms with E-state index in [2.05, 4.69) is 20.2 Å². The van der Waals surface area contributed by atoms with Gasteiger partial charge < -0.3 is 29.8 Å². The molecule has 11 heteroatoms. The molecule has 1 atom stereocenters. The van der Waals surface area contributed by atoms with Crippen LogP contribution in [0.25, 0.3) is 22.1 Å². The zero-order chi connectivity index (χ0) is 28.5. The Morgan fingerprint density at radius 1 is 1.05 bits per heavy atom. The van der Waals surface area contributed by atoms with Gasteiger partial charge in [-0.3, -0.25) is 14.4 Å². The van der Waals surface area contributed by atoms with E-state index in [9.17, 15) is 14.4 Å². The first-order valence-corrected chi connectivity index (χ1v) is 13.3. The number of imidazole rings is 2. The summed E-state index contributed by atoms with van der Waals surface area (Å²) in [5, 5.41) is 6.14.